The summed E-state index contributed by atoms with van der Waals surface area (Å²) >= 11 is 6.21. The fraction of sp³-hybridized carbons (Fsp3) is 0.571. The number of hydrogen-bond acceptors (Lipinski definition) is 3. The average molecular weight is 269 g/mol. The Labute approximate surface area is 114 Å². The second-order valence-electron chi connectivity index (χ2n) is 4.83. The van der Waals surface area contributed by atoms with E-state index in [-0.39, 0.29) is 0 Å². The van der Waals surface area contributed by atoms with Crippen molar-refractivity contribution in [3.63, 3.8) is 0 Å². The molecule has 0 spiro atoms. The van der Waals surface area contributed by atoms with Gasteiger partial charge in [0, 0.05) is 37.8 Å². The van der Waals surface area contributed by atoms with Crippen molar-refractivity contribution in [2.24, 2.45) is 5.73 Å². The van der Waals surface area contributed by atoms with E-state index in [4.69, 9.17) is 22.1 Å². The largest absolute Gasteiger partial charge is 0.381 e. The van der Waals surface area contributed by atoms with Gasteiger partial charge in [0.2, 0.25) is 0 Å². The minimum Gasteiger partial charge on any atom is -0.381 e. The van der Waals surface area contributed by atoms with Crippen LogP contribution in [0.3, 0.4) is 0 Å². The minimum atomic E-state index is 0.348. The molecule has 0 saturated carbocycles. The lowest BCUT2D eigenvalue weighted by atomic mass is 9.98. The highest BCUT2D eigenvalue weighted by molar-refractivity contribution is 6.31. The number of hydrogen-bond donors (Lipinski definition) is 1. The van der Waals surface area contributed by atoms with E-state index in [2.05, 4.69) is 11.0 Å². The van der Waals surface area contributed by atoms with Crippen LogP contribution in [0.5, 0.6) is 0 Å². The first kappa shape index (κ1) is 13.8. The Morgan fingerprint density at radius 3 is 2.89 bits per heavy atom. The quantitative estimate of drug-likeness (QED) is 0.911. The second-order valence-corrected chi connectivity index (χ2v) is 5.24. The van der Waals surface area contributed by atoms with Crippen LogP contribution < -0.4 is 5.73 Å². The molecule has 1 aromatic carbocycles. The zero-order chi connectivity index (χ0) is 13.0. The van der Waals surface area contributed by atoms with Crippen LogP contribution in [0, 0.1) is 0 Å². The van der Waals surface area contributed by atoms with E-state index in [0.717, 1.165) is 31.0 Å². The fourth-order valence-electron chi connectivity index (χ4n) is 2.58. The van der Waals surface area contributed by atoms with Crippen LogP contribution in [0.4, 0.5) is 0 Å². The summed E-state index contributed by atoms with van der Waals surface area (Å²) in [4.78, 5) is 2.41. The Balaban J connectivity index is 2.02. The summed E-state index contributed by atoms with van der Waals surface area (Å²) < 4.78 is 5.44. The predicted octanol–water partition coefficient (Wildman–Crippen LogP) is 2.28. The number of halogens is 1. The number of nitrogens with two attached hydrogens (primary N) is 1. The maximum Gasteiger partial charge on any atom is 0.0599 e. The number of likely N-dealkylation sites (tertiary alicyclic amines) is 1. The molecule has 4 heteroatoms. The molecule has 0 aliphatic carbocycles. The van der Waals surface area contributed by atoms with E-state index < -0.39 is 0 Å². The van der Waals surface area contributed by atoms with Gasteiger partial charge in [-0.2, -0.15) is 0 Å². The van der Waals surface area contributed by atoms with Gasteiger partial charge in [0.15, 0.2) is 0 Å². The van der Waals surface area contributed by atoms with Crippen LogP contribution in [-0.4, -0.2) is 37.2 Å². The molecule has 1 heterocycles. The van der Waals surface area contributed by atoms with Crippen LogP contribution in [0.15, 0.2) is 24.3 Å². The summed E-state index contributed by atoms with van der Waals surface area (Å²) in [5, 5.41) is 0.835. The molecule has 1 fully saturated rings. The van der Waals surface area contributed by atoms with Crippen LogP contribution >= 0.6 is 11.6 Å². The molecule has 100 valence electrons. The SMILES string of the molecule is COC1CCN(Cc2ccccc2Cl)C(CN)C1. The fourth-order valence-corrected chi connectivity index (χ4v) is 2.77. The second kappa shape index (κ2) is 6.53. The van der Waals surface area contributed by atoms with Gasteiger partial charge in [-0.05, 0) is 24.5 Å². The smallest absolute Gasteiger partial charge is 0.0599 e. The Morgan fingerprint density at radius 2 is 2.22 bits per heavy atom. The van der Waals surface area contributed by atoms with E-state index in [1.165, 1.54) is 5.56 Å². The van der Waals surface area contributed by atoms with Gasteiger partial charge in [-0.1, -0.05) is 29.8 Å². The summed E-state index contributed by atoms with van der Waals surface area (Å²) in [5.41, 5.74) is 7.05. The zero-order valence-electron chi connectivity index (χ0n) is 10.8. The Morgan fingerprint density at radius 1 is 1.44 bits per heavy atom. The third kappa shape index (κ3) is 3.23. The minimum absolute atomic E-state index is 0.348. The summed E-state index contributed by atoms with van der Waals surface area (Å²) in [5.74, 6) is 0. The molecule has 1 saturated heterocycles. The lowest BCUT2D eigenvalue weighted by Crippen LogP contribution is -2.48. The van der Waals surface area contributed by atoms with Crippen LogP contribution in [-0.2, 0) is 11.3 Å². The van der Waals surface area contributed by atoms with Gasteiger partial charge in [0.1, 0.15) is 0 Å². The summed E-state index contributed by atoms with van der Waals surface area (Å²) in [6, 6.07) is 8.40. The molecule has 2 atom stereocenters. The third-order valence-corrected chi connectivity index (χ3v) is 4.10. The van der Waals surface area contributed by atoms with Gasteiger partial charge in [-0.3, -0.25) is 4.90 Å². The van der Waals surface area contributed by atoms with Gasteiger partial charge in [-0.15, -0.1) is 0 Å². The predicted molar refractivity (Wildman–Crippen MR) is 74.7 cm³/mol. The molecule has 0 amide bonds. The van der Waals surface area contributed by atoms with Gasteiger partial charge in [-0.25, -0.2) is 0 Å². The monoisotopic (exact) mass is 268 g/mol. The highest BCUT2D eigenvalue weighted by atomic mass is 35.5. The number of nitrogens with zero attached hydrogens (tertiary/aromatic N) is 1. The molecular formula is C14H21ClN2O. The molecule has 2 rings (SSSR count). The molecule has 1 aromatic rings. The van der Waals surface area contributed by atoms with Crippen LogP contribution in [0.2, 0.25) is 5.02 Å². The number of piperidine rings is 1. The molecular weight excluding hydrogens is 248 g/mol. The van der Waals surface area contributed by atoms with Crippen LogP contribution in [0.1, 0.15) is 18.4 Å². The molecule has 3 nitrogen and oxygen atoms in total. The van der Waals surface area contributed by atoms with Crippen molar-refractivity contribution in [2.75, 3.05) is 20.2 Å². The molecule has 0 radical (unpaired) electrons. The van der Waals surface area contributed by atoms with Crippen molar-refractivity contribution in [1.82, 2.24) is 4.90 Å². The first-order valence-corrected chi connectivity index (χ1v) is 6.82. The summed E-state index contributed by atoms with van der Waals surface area (Å²) in [6.07, 6.45) is 2.43. The molecule has 1 aliphatic heterocycles. The molecule has 1 aliphatic rings. The van der Waals surface area contributed by atoms with Crippen molar-refractivity contribution in [2.45, 2.75) is 31.5 Å². The highest BCUT2D eigenvalue weighted by Gasteiger charge is 2.27. The van der Waals surface area contributed by atoms with E-state index >= 15 is 0 Å². The molecule has 18 heavy (non-hydrogen) atoms. The first-order chi connectivity index (χ1) is 8.74. The molecule has 2 unspecified atom stereocenters. The highest BCUT2D eigenvalue weighted by Crippen LogP contribution is 2.24. The zero-order valence-corrected chi connectivity index (χ0v) is 11.6. The first-order valence-electron chi connectivity index (χ1n) is 6.45. The number of methoxy groups -OCH3 is 1. The normalized spacial score (nSPS) is 25.3. The van der Waals surface area contributed by atoms with Crippen molar-refractivity contribution in [1.29, 1.82) is 0 Å². The standard InChI is InChI=1S/C14H21ClN2O/c1-18-13-6-7-17(12(8-13)9-16)10-11-4-2-3-5-14(11)15/h2-5,12-13H,6-10,16H2,1H3. The lowest BCUT2D eigenvalue weighted by Gasteiger charge is -2.38. The molecule has 0 bridgehead atoms. The maximum atomic E-state index is 6.21. The van der Waals surface area contributed by atoms with Crippen molar-refractivity contribution < 1.29 is 4.74 Å². The van der Waals surface area contributed by atoms with E-state index in [1.54, 1.807) is 7.11 Å². The van der Waals surface area contributed by atoms with Gasteiger partial charge >= 0.3 is 0 Å². The molecule has 2 N–H and O–H groups in total. The van der Waals surface area contributed by atoms with Gasteiger partial charge in [0.25, 0.3) is 0 Å². The van der Waals surface area contributed by atoms with Crippen molar-refractivity contribution >= 4 is 11.6 Å². The molecule has 0 aromatic heterocycles. The lowest BCUT2D eigenvalue weighted by molar-refractivity contribution is 0.0102. The van der Waals surface area contributed by atoms with Crippen molar-refractivity contribution in [3.05, 3.63) is 34.9 Å². The Bertz CT molecular complexity index is 386. The van der Waals surface area contributed by atoms with Crippen LogP contribution in [0.25, 0.3) is 0 Å². The van der Waals surface area contributed by atoms with E-state index in [9.17, 15) is 0 Å². The summed E-state index contributed by atoms with van der Waals surface area (Å²) in [7, 11) is 1.78. The number of rotatable bonds is 4. The average Bonchev–Trinajstić information content (AvgIpc) is 2.41. The Hall–Kier alpha value is -0.610. The number of benzene rings is 1. The topological polar surface area (TPSA) is 38.5 Å². The third-order valence-electron chi connectivity index (χ3n) is 3.73. The van der Waals surface area contributed by atoms with Crippen molar-refractivity contribution in [3.8, 4) is 0 Å². The van der Waals surface area contributed by atoms with Gasteiger partial charge in [0.05, 0.1) is 6.10 Å². The van der Waals surface area contributed by atoms with Gasteiger partial charge < -0.3 is 10.5 Å². The Kier molecular flexibility index (Phi) is 5.01. The summed E-state index contributed by atoms with van der Waals surface area (Å²) in [6.45, 7) is 2.56. The maximum absolute atomic E-state index is 6.21. The number of ether oxygens (including phenoxy) is 1. The van der Waals surface area contributed by atoms with E-state index in [0.29, 0.717) is 18.7 Å². The van der Waals surface area contributed by atoms with E-state index in [1.807, 2.05) is 18.2 Å².